The number of nitrogens with two attached hydrogens (primary N) is 1. The number of amides is 2. The number of carbonyl (C=O) groups excluding carboxylic acids is 3. The molecule has 0 aromatic rings. The Morgan fingerprint density at radius 1 is 1.21 bits per heavy atom. The predicted octanol–water partition coefficient (Wildman–Crippen LogP) is -0.490. The van der Waals surface area contributed by atoms with Crippen LogP contribution in [0.5, 0.6) is 0 Å². The molecule has 0 bridgehead atoms. The van der Waals surface area contributed by atoms with Crippen LogP contribution in [0.2, 0.25) is 0 Å². The number of carboxylic acids is 2. The van der Waals surface area contributed by atoms with Crippen molar-refractivity contribution in [3.63, 3.8) is 0 Å². The van der Waals surface area contributed by atoms with Crippen LogP contribution in [0.25, 0.3) is 0 Å². The minimum absolute atomic E-state index is 0.126. The third-order valence-electron chi connectivity index (χ3n) is 4.23. The lowest BCUT2D eigenvalue weighted by Crippen LogP contribution is -2.56. The maximum absolute atomic E-state index is 12.8. The van der Waals surface area contributed by atoms with Crippen LogP contribution in [-0.4, -0.2) is 75.6 Å². The topological polar surface area (TPSA) is 167 Å². The Balaban J connectivity index is 5.28. The molecule has 160 valence electrons. The van der Waals surface area contributed by atoms with Gasteiger partial charge in [-0.1, -0.05) is 20.3 Å². The van der Waals surface area contributed by atoms with Crippen LogP contribution in [0.15, 0.2) is 0 Å². The first-order valence-electron chi connectivity index (χ1n) is 8.95. The quantitative estimate of drug-likeness (QED) is 0.186. The molecule has 5 N–H and O–H groups in total. The van der Waals surface area contributed by atoms with Crippen molar-refractivity contribution in [1.29, 1.82) is 0 Å². The molecule has 0 saturated carbocycles. The molecule has 2 amide bonds. The number of nitrogens with zero attached hydrogens (tertiary/aromatic N) is 1. The Kier molecular flexibility index (Phi) is 12.1. The Morgan fingerprint density at radius 2 is 1.82 bits per heavy atom. The van der Waals surface area contributed by atoms with Gasteiger partial charge in [0.15, 0.2) is 0 Å². The van der Waals surface area contributed by atoms with Crippen molar-refractivity contribution in [2.45, 2.75) is 57.7 Å². The average Bonchev–Trinajstić information content (AvgIpc) is 2.63. The van der Waals surface area contributed by atoms with E-state index in [1.165, 1.54) is 0 Å². The molecule has 4 atom stereocenters. The van der Waals surface area contributed by atoms with E-state index in [2.05, 4.69) is 17.9 Å². The summed E-state index contributed by atoms with van der Waals surface area (Å²) in [6.45, 7) is 2.95. The van der Waals surface area contributed by atoms with E-state index in [1.807, 2.05) is 6.92 Å². The first-order chi connectivity index (χ1) is 13.1. The number of aldehydes is 1. The second kappa shape index (κ2) is 13.1. The summed E-state index contributed by atoms with van der Waals surface area (Å²) < 4.78 is 0. The molecule has 0 aliphatic carbocycles. The van der Waals surface area contributed by atoms with E-state index in [-0.39, 0.29) is 24.5 Å². The smallest absolute Gasteiger partial charge is 0.323 e. The highest BCUT2D eigenvalue weighted by Crippen LogP contribution is 2.17. The Morgan fingerprint density at radius 3 is 2.25 bits per heavy atom. The molecule has 28 heavy (non-hydrogen) atoms. The molecule has 0 radical (unpaired) electrons. The Hall–Kier alpha value is -2.14. The molecule has 0 aliphatic heterocycles. The molecule has 0 aromatic carbocycles. The molecular formula is C17H29N3O7S. The summed E-state index contributed by atoms with van der Waals surface area (Å²) in [6.07, 6.45) is 1.53. The minimum atomic E-state index is -1.29. The molecule has 10 nitrogen and oxygen atoms in total. The molecule has 0 saturated heterocycles. The molecule has 3 unspecified atom stereocenters. The van der Waals surface area contributed by atoms with Crippen LogP contribution in [0.3, 0.4) is 0 Å². The van der Waals surface area contributed by atoms with Gasteiger partial charge in [0.2, 0.25) is 11.8 Å². The van der Waals surface area contributed by atoms with Crippen LogP contribution in [0.4, 0.5) is 0 Å². The summed E-state index contributed by atoms with van der Waals surface area (Å²) in [5, 5.41) is 20.3. The number of thiol groups is 1. The third-order valence-corrected chi connectivity index (χ3v) is 4.60. The molecule has 0 spiro atoms. The van der Waals surface area contributed by atoms with E-state index in [0.717, 1.165) is 11.3 Å². The van der Waals surface area contributed by atoms with Crippen LogP contribution >= 0.6 is 12.6 Å². The van der Waals surface area contributed by atoms with Crippen molar-refractivity contribution >= 4 is 42.7 Å². The summed E-state index contributed by atoms with van der Waals surface area (Å²) in [7, 11) is 0. The number of aliphatic carboxylic acids is 2. The zero-order chi connectivity index (χ0) is 21.9. The second-order valence-electron chi connectivity index (χ2n) is 6.54. The maximum Gasteiger partial charge on any atom is 0.323 e. The van der Waals surface area contributed by atoms with Crippen molar-refractivity contribution < 1.29 is 34.2 Å². The molecule has 0 fully saturated rings. The van der Waals surface area contributed by atoms with Gasteiger partial charge in [0.05, 0.1) is 6.04 Å². The van der Waals surface area contributed by atoms with Gasteiger partial charge in [-0.3, -0.25) is 19.2 Å². The van der Waals surface area contributed by atoms with Crippen molar-refractivity contribution in [2.24, 2.45) is 11.7 Å². The van der Waals surface area contributed by atoms with E-state index in [1.54, 1.807) is 6.92 Å². The molecule has 0 aliphatic rings. The summed E-state index contributed by atoms with van der Waals surface area (Å²) in [4.78, 5) is 59.2. The molecule has 11 heteroatoms. The summed E-state index contributed by atoms with van der Waals surface area (Å²) >= 11 is 4.03. The normalized spacial score (nSPS) is 15.0. The monoisotopic (exact) mass is 419 g/mol. The molecular weight excluding hydrogens is 390 g/mol. The number of carbonyl (C=O) groups is 5. The average molecular weight is 420 g/mol. The summed E-state index contributed by atoms with van der Waals surface area (Å²) in [5.74, 6) is -4.30. The van der Waals surface area contributed by atoms with Crippen molar-refractivity contribution in [3.8, 4) is 0 Å². The van der Waals surface area contributed by atoms with Gasteiger partial charge in [0, 0.05) is 12.2 Å². The van der Waals surface area contributed by atoms with E-state index >= 15 is 0 Å². The fourth-order valence-electron chi connectivity index (χ4n) is 2.68. The number of hydrogen-bond acceptors (Lipinski definition) is 7. The number of carboxylic acid groups (broad SMARTS) is 2. The van der Waals surface area contributed by atoms with E-state index < -0.39 is 48.4 Å². The minimum Gasteiger partial charge on any atom is -0.480 e. The highest BCUT2D eigenvalue weighted by Gasteiger charge is 2.34. The maximum atomic E-state index is 12.8. The first kappa shape index (κ1) is 25.9. The fraction of sp³-hybridized carbons (Fsp3) is 0.706. The summed E-state index contributed by atoms with van der Waals surface area (Å²) in [5.41, 5.74) is 5.34. The summed E-state index contributed by atoms with van der Waals surface area (Å²) in [6, 6.07) is -3.33. The van der Waals surface area contributed by atoms with Crippen LogP contribution in [0.1, 0.15) is 39.5 Å². The molecule has 0 aromatic heterocycles. The van der Waals surface area contributed by atoms with Gasteiger partial charge in [0.1, 0.15) is 24.9 Å². The third kappa shape index (κ3) is 8.70. The van der Waals surface area contributed by atoms with Gasteiger partial charge in [0.25, 0.3) is 0 Å². The zero-order valence-corrected chi connectivity index (χ0v) is 16.9. The highest BCUT2D eigenvalue weighted by atomic mass is 32.1. The van der Waals surface area contributed by atoms with Gasteiger partial charge in [-0.2, -0.15) is 12.6 Å². The largest absolute Gasteiger partial charge is 0.480 e. The molecule has 0 rings (SSSR count). The van der Waals surface area contributed by atoms with Gasteiger partial charge in [-0.25, -0.2) is 0 Å². The lowest BCUT2D eigenvalue weighted by atomic mass is 9.96. The first-order valence-corrected chi connectivity index (χ1v) is 9.58. The van der Waals surface area contributed by atoms with Gasteiger partial charge in [-0.05, 0) is 18.8 Å². The molecule has 0 heterocycles. The van der Waals surface area contributed by atoms with Gasteiger partial charge >= 0.3 is 11.9 Å². The Labute approximate surface area is 169 Å². The standard InChI is InChI=1S/C17H29N3O7S/c1-3-4-10(2)13(8-21)20(7-15(23)24)16(25)12(9-28)19-14(22)6-5-11(18)17(26)27/h8,10-13,28H,3-7,9,18H2,1-2H3,(H,19,22)(H,23,24)(H,26,27)/t10?,11?,12-,13?/m1/s1. The second-order valence-corrected chi connectivity index (χ2v) is 6.90. The predicted molar refractivity (Wildman–Crippen MR) is 104 cm³/mol. The lowest BCUT2D eigenvalue weighted by molar-refractivity contribution is -0.149. The zero-order valence-electron chi connectivity index (χ0n) is 16.0. The van der Waals surface area contributed by atoms with Gasteiger partial charge < -0.3 is 31.0 Å². The van der Waals surface area contributed by atoms with E-state index in [0.29, 0.717) is 12.7 Å². The van der Waals surface area contributed by atoms with Crippen LogP contribution in [-0.2, 0) is 24.0 Å². The van der Waals surface area contributed by atoms with Gasteiger partial charge in [-0.15, -0.1) is 0 Å². The number of hydrogen-bond donors (Lipinski definition) is 5. The van der Waals surface area contributed by atoms with Crippen LogP contribution < -0.4 is 11.1 Å². The van der Waals surface area contributed by atoms with Crippen molar-refractivity contribution in [1.82, 2.24) is 10.2 Å². The highest BCUT2D eigenvalue weighted by molar-refractivity contribution is 7.80. The fourth-order valence-corrected chi connectivity index (χ4v) is 2.93. The SMILES string of the molecule is CCCC(C)C(C=O)N(CC(=O)O)C(=O)[C@@H](CS)NC(=O)CCC(N)C(=O)O. The number of rotatable bonds is 14. The van der Waals surface area contributed by atoms with Crippen molar-refractivity contribution in [2.75, 3.05) is 12.3 Å². The van der Waals surface area contributed by atoms with E-state index in [9.17, 15) is 24.0 Å². The van der Waals surface area contributed by atoms with Crippen molar-refractivity contribution in [3.05, 3.63) is 0 Å². The number of nitrogens with one attached hydrogen (secondary N) is 1. The van der Waals surface area contributed by atoms with Crippen LogP contribution in [0, 0.1) is 5.92 Å². The van der Waals surface area contributed by atoms with E-state index in [4.69, 9.17) is 15.9 Å². The lowest BCUT2D eigenvalue weighted by Gasteiger charge is -2.33. The Bertz CT molecular complexity index is 573.